The van der Waals surface area contributed by atoms with E-state index in [1.807, 2.05) is 73.6 Å². The fourth-order valence-electron chi connectivity index (χ4n) is 5.59. The van der Waals surface area contributed by atoms with Gasteiger partial charge in [0.2, 0.25) is 5.91 Å². The standard InChI is InChI=1S/C33H41N5O7/c1-37(2)24-15-22(14-23(16-24)32(41)36-27(33(42)44-4)13-20-9-6-5-7-10-20)25-12-8-11-21(30(25)43-3)18-38-29(31(35)40)26(19-39)28(17-34)45-38/h5-12,14-16,26-29,39H,13,17-19,34H2,1-4H3,(H2,35,40)(H,36,41). The second-order valence-electron chi connectivity index (χ2n) is 11.0. The molecule has 1 saturated heterocycles. The number of rotatable bonds is 13. The van der Waals surface area contributed by atoms with Crippen molar-refractivity contribution in [3.8, 4) is 16.9 Å². The van der Waals surface area contributed by atoms with Gasteiger partial charge in [0.25, 0.3) is 5.91 Å². The van der Waals surface area contributed by atoms with Crippen LogP contribution < -0.4 is 26.4 Å². The van der Waals surface area contributed by atoms with Gasteiger partial charge in [0.05, 0.1) is 33.5 Å². The van der Waals surface area contributed by atoms with Crippen LogP contribution in [-0.2, 0) is 32.1 Å². The minimum Gasteiger partial charge on any atom is -0.496 e. The van der Waals surface area contributed by atoms with Crippen molar-refractivity contribution in [3.05, 3.63) is 83.4 Å². The number of methoxy groups -OCH3 is 2. The smallest absolute Gasteiger partial charge is 0.328 e. The van der Waals surface area contributed by atoms with E-state index in [2.05, 4.69) is 5.32 Å². The van der Waals surface area contributed by atoms with Gasteiger partial charge in [0, 0.05) is 55.4 Å². The van der Waals surface area contributed by atoms with Gasteiger partial charge in [0.15, 0.2) is 0 Å². The van der Waals surface area contributed by atoms with Gasteiger partial charge in [-0.1, -0.05) is 48.5 Å². The van der Waals surface area contributed by atoms with Crippen molar-refractivity contribution in [2.75, 3.05) is 46.4 Å². The summed E-state index contributed by atoms with van der Waals surface area (Å²) >= 11 is 0. The third-order valence-corrected chi connectivity index (χ3v) is 7.91. The van der Waals surface area contributed by atoms with Gasteiger partial charge in [-0.2, -0.15) is 5.06 Å². The van der Waals surface area contributed by atoms with Crippen LogP contribution in [0.15, 0.2) is 66.7 Å². The molecule has 6 N–H and O–H groups in total. The average molecular weight is 620 g/mol. The number of carbonyl (C=O) groups excluding carboxylic acids is 3. The van der Waals surface area contributed by atoms with Gasteiger partial charge in [-0.05, 0) is 29.3 Å². The largest absolute Gasteiger partial charge is 0.496 e. The van der Waals surface area contributed by atoms with E-state index in [9.17, 15) is 19.5 Å². The topological polar surface area (TPSA) is 170 Å². The first-order chi connectivity index (χ1) is 21.6. The zero-order valence-corrected chi connectivity index (χ0v) is 25.9. The normalized spacial score (nSPS) is 18.7. The van der Waals surface area contributed by atoms with E-state index in [1.54, 1.807) is 12.1 Å². The lowest BCUT2D eigenvalue weighted by molar-refractivity contribution is -0.172. The SMILES string of the molecule is COC(=O)C(Cc1ccccc1)NC(=O)c1cc(-c2cccc(CN3OC(CN)C(CO)C3C(N)=O)c2OC)cc(N(C)C)c1. The molecule has 1 aliphatic heterocycles. The molecule has 0 aliphatic carbocycles. The Kier molecular flexibility index (Phi) is 11.1. The summed E-state index contributed by atoms with van der Waals surface area (Å²) in [5.74, 6) is -1.70. The van der Waals surface area contributed by atoms with Crippen LogP contribution in [-0.4, -0.2) is 87.6 Å². The molecule has 4 rings (SSSR count). The number of hydroxylamine groups is 2. The van der Waals surface area contributed by atoms with E-state index in [0.29, 0.717) is 28.0 Å². The molecule has 2 amide bonds. The van der Waals surface area contributed by atoms with E-state index in [-0.39, 0.29) is 26.1 Å². The Morgan fingerprint density at radius 1 is 1.07 bits per heavy atom. The number of para-hydroxylation sites is 1. The van der Waals surface area contributed by atoms with Crippen molar-refractivity contribution in [2.24, 2.45) is 17.4 Å². The number of hydrogen-bond acceptors (Lipinski definition) is 10. The van der Waals surface area contributed by atoms with Gasteiger partial charge in [-0.15, -0.1) is 0 Å². The number of aliphatic hydroxyl groups excluding tert-OH is 1. The average Bonchev–Trinajstić information content (AvgIpc) is 3.41. The first-order valence-corrected chi connectivity index (χ1v) is 14.6. The molecule has 0 radical (unpaired) electrons. The summed E-state index contributed by atoms with van der Waals surface area (Å²) in [5.41, 5.74) is 15.5. The van der Waals surface area contributed by atoms with Crippen molar-refractivity contribution in [2.45, 2.75) is 31.2 Å². The zero-order chi connectivity index (χ0) is 32.7. The lowest BCUT2D eigenvalue weighted by atomic mass is 9.94. The molecular formula is C33H41N5O7. The van der Waals surface area contributed by atoms with Crippen molar-refractivity contribution < 1.29 is 33.8 Å². The Morgan fingerprint density at radius 2 is 1.80 bits per heavy atom. The third-order valence-electron chi connectivity index (χ3n) is 7.91. The maximum Gasteiger partial charge on any atom is 0.328 e. The molecule has 1 fully saturated rings. The number of carbonyl (C=O) groups is 3. The van der Waals surface area contributed by atoms with E-state index in [0.717, 1.165) is 11.3 Å². The molecule has 0 saturated carbocycles. The van der Waals surface area contributed by atoms with Gasteiger partial charge in [-0.25, -0.2) is 4.79 Å². The van der Waals surface area contributed by atoms with Crippen LogP contribution in [0, 0.1) is 5.92 Å². The molecular weight excluding hydrogens is 578 g/mol. The van der Waals surface area contributed by atoms with Crippen molar-refractivity contribution >= 4 is 23.5 Å². The lowest BCUT2D eigenvalue weighted by Crippen LogP contribution is -2.45. The lowest BCUT2D eigenvalue weighted by Gasteiger charge is -2.24. The second kappa shape index (κ2) is 15.0. The van der Waals surface area contributed by atoms with Crippen LogP contribution in [0.2, 0.25) is 0 Å². The molecule has 45 heavy (non-hydrogen) atoms. The predicted octanol–water partition coefficient (Wildman–Crippen LogP) is 1.48. The number of ether oxygens (including phenoxy) is 2. The molecule has 12 heteroatoms. The fourth-order valence-corrected chi connectivity index (χ4v) is 5.59. The zero-order valence-electron chi connectivity index (χ0n) is 25.9. The van der Waals surface area contributed by atoms with Gasteiger partial charge in [0.1, 0.15) is 17.8 Å². The molecule has 0 spiro atoms. The number of aliphatic hydroxyl groups is 1. The fraction of sp³-hybridized carbons (Fsp3) is 0.364. The van der Waals surface area contributed by atoms with Gasteiger partial charge < -0.3 is 36.3 Å². The first kappa shape index (κ1) is 33.4. The highest BCUT2D eigenvalue weighted by Gasteiger charge is 2.45. The molecule has 240 valence electrons. The highest BCUT2D eigenvalue weighted by atomic mass is 16.7. The molecule has 4 atom stereocenters. The predicted molar refractivity (Wildman–Crippen MR) is 169 cm³/mol. The number of primary amides is 1. The first-order valence-electron chi connectivity index (χ1n) is 14.6. The molecule has 3 aromatic rings. The number of nitrogens with zero attached hydrogens (tertiary/aromatic N) is 2. The van der Waals surface area contributed by atoms with E-state index < -0.39 is 41.9 Å². The number of anilines is 1. The number of nitrogens with two attached hydrogens (primary N) is 2. The van der Waals surface area contributed by atoms with E-state index in [1.165, 1.54) is 19.3 Å². The van der Waals surface area contributed by atoms with Crippen LogP contribution in [0.5, 0.6) is 5.75 Å². The Labute approximate surface area is 262 Å². The van der Waals surface area contributed by atoms with Crippen LogP contribution >= 0.6 is 0 Å². The van der Waals surface area contributed by atoms with Crippen molar-refractivity contribution in [1.82, 2.24) is 10.4 Å². The molecule has 0 bridgehead atoms. The number of nitrogens with one attached hydrogen (secondary N) is 1. The summed E-state index contributed by atoms with van der Waals surface area (Å²) in [6.07, 6.45) is -0.308. The highest BCUT2D eigenvalue weighted by molar-refractivity contribution is 5.99. The highest BCUT2D eigenvalue weighted by Crippen LogP contribution is 2.38. The number of amides is 2. The van der Waals surface area contributed by atoms with Gasteiger partial charge in [-0.3, -0.25) is 14.4 Å². The maximum absolute atomic E-state index is 13.6. The Bertz CT molecular complexity index is 1500. The third kappa shape index (κ3) is 7.60. The monoisotopic (exact) mass is 619 g/mol. The van der Waals surface area contributed by atoms with Crippen molar-refractivity contribution in [3.63, 3.8) is 0 Å². The summed E-state index contributed by atoms with van der Waals surface area (Å²) in [6, 6.07) is 18.5. The molecule has 4 unspecified atom stereocenters. The summed E-state index contributed by atoms with van der Waals surface area (Å²) in [5, 5.41) is 14.2. The van der Waals surface area contributed by atoms with Gasteiger partial charge >= 0.3 is 5.97 Å². The second-order valence-corrected chi connectivity index (χ2v) is 11.0. The Hall–Kier alpha value is -4.49. The van der Waals surface area contributed by atoms with Crippen molar-refractivity contribution in [1.29, 1.82) is 0 Å². The molecule has 1 aliphatic rings. The molecule has 3 aromatic carbocycles. The summed E-state index contributed by atoms with van der Waals surface area (Å²) < 4.78 is 10.9. The van der Waals surface area contributed by atoms with E-state index >= 15 is 0 Å². The summed E-state index contributed by atoms with van der Waals surface area (Å²) in [4.78, 5) is 46.4. The van der Waals surface area contributed by atoms with Crippen LogP contribution in [0.3, 0.4) is 0 Å². The number of hydrogen-bond donors (Lipinski definition) is 4. The minimum atomic E-state index is -0.895. The minimum absolute atomic E-state index is 0.104. The summed E-state index contributed by atoms with van der Waals surface area (Å²) in [7, 11) is 6.55. The quantitative estimate of drug-likeness (QED) is 0.206. The Morgan fingerprint density at radius 3 is 2.40 bits per heavy atom. The van der Waals surface area contributed by atoms with E-state index in [4.69, 9.17) is 25.8 Å². The number of benzene rings is 3. The molecule has 0 aromatic heterocycles. The summed E-state index contributed by atoms with van der Waals surface area (Å²) in [6.45, 7) is -0.0842. The van der Waals surface area contributed by atoms with Crippen LogP contribution in [0.25, 0.3) is 11.1 Å². The Balaban J connectivity index is 1.69. The maximum atomic E-state index is 13.6. The molecule has 1 heterocycles. The molecule has 12 nitrogen and oxygen atoms in total. The van der Waals surface area contributed by atoms with Crippen LogP contribution in [0.1, 0.15) is 21.5 Å². The number of esters is 1. The van der Waals surface area contributed by atoms with Crippen LogP contribution in [0.4, 0.5) is 5.69 Å².